The largest absolute Gasteiger partial charge is 0.329 e. The molecule has 21 heavy (non-hydrogen) atoms. The van der Waals surface area contributed by atoms with E-state index >= 15 is 0 Å². The first-order valence-electron chi connectivity index (χ1n) is 7.74. The van der Waals surface area contributed by atoms with E-state index in [0.717, 1.165) is 26.1 Å². The number of hydrogen-bond acceptors (Lipinski definition) is 2. The number of hydrogen-bond donors (Lipinski definition) is 1. The van der Waals surface area contributed by atoms with Crippen LogP contribution in [0.4, 0.5) is 0 Å². The van der Waals surface area contributed by atoms with E-state index in [1.807, 2.05) is 0 Å². The highest BCUT2D eigenvalue weighted by Gasteiger charge is 2.25. The van der Waals surface area contributed by atoms with Crippen LogP contribution in [0.25, 0.3) is 0 Å². The zero-order chi connectivity index (χ0) is 14.8. The van der Waals surface area contributed by atoms with E-state index in [1.165, 1.54) is 27.8 Å². The van der Waals surface area contributed by atoms with Crippen molar-refractivity contribution in [2.24, 2.45) is 5.73 Å². The second-order valence-electron chi connectivity index (χ2n) is 6.20. The van der Waals surface area contributed by atoms with Crippen molar-refractivity contribution in [3.8, 4) is 0 Å². The summed E-state index contributed by atoms with van der Waals surface area (Å²) in [5.41, 5.74) is 13.1. The molecule has 2 aromatic carbocycles. The summed E-state index contributed by atoms with van der Waals surface area (Å²) in [7, 11) is 0. The maximum atomic E-state index is 6.03. The van der Waals surface area contributed by atoms with Gasteiger partial charge in [-0.05, 0) is 42.5 Å². The summed E-state index contributed by atoms with van der Waals surface area (Å²) >= 11 is 0. The number of benzene rings is 2. The Kier molecular flexibility index (Phi) is 4.09. The van der Waals surface area contributed by atoms with Gasteiger partial charge in [-0.1, -0.05) is 48.0 Å². The number of aryl methyl sites for hydroxylation is 2. The fourth-order valence-electron chi connectivity index (χ4n) is 3.25. The third-order valence-electron chi connectivity index (χ3n) is 4.61. The monoisotopic (exact) mass is 280 g/mol. The third-order valence-corrected chi connectivity index (χ3v) is 4.61. The molecule has 0 spiro atoms. The topological polar surface area (TPSA) is 29.3 Å². The standard InChI is InChI=1S/C19H24N2/c1-14-7-8-15(2)18(9-14)13-21-12-17-6-4-3-5-16(17)10-19(21)11-20/h3-9,19H,10-13,20H2,1-2H3. The van der Waals surface area contributed by atoms with Gasteiger partial charge in [-0.3, -0.25) is 4.90 Å². The van der Waals surface area contributed by atoms with Gasteiger partial charge in [-0.15, -0.1) is 0 Å². The van der Waals surface area contributed by atoms with Gasteiger partial charge in [0.1, 0.15) is 0 Å². The van der Waals surface area contributed by atoms with Crippen molar-refractivity contribution in [2.75, 3.05) is 6.54 Å². The van der Waals surface area contributed by atoms with Crippen LogP contribution >= 0.6 is 0 Å². The van der Waals surface area contributed by atoms with E-state index in [0.29, 0.717) is 6.04 Å². The van der Waals surface area contributed by atoms with Crippen LogP contribution in [0, 0.1) is 13.8 Å². The lowest BCUT2D eigenvalue weighted by Crippen LogP contribution is -2.44. The molecule has 1 aliphatic heterocycles. The van der Waals surface area contributed by atoms with Crippen molar-refractivity contribution < 1.29 is 0 Å². The summed E-state index contributed by atoms with van der Waals surface area (Å²) in [5.74, 6) is 0. The number of fused-ring (bicyclic) bond motifs is 1. The van der Waals surface area contributed by atoms with Crippen LogP contribution < -0.4 is 5.73 Å². The van der Waals surface area contributed by atoms with Gasteiger partial charge in [0.05, 0.1) is 0 Å². The van der Waals surface area contributed by atoms with Gasteiger partial charge < -0.3 is 5.73 Å². The van der Waals surface area contributed by atoms with Crippen molar-refractivity contribution in [3.63, 3.8) is 0 Å². The summed E-state index contributed by atoms with van der Waals surface area (Å²) in [5, 5.41) is 0. The average Bonchev–Trinajstić information content (AvgIpc) is 2.50. The highest BCUT2D eigenvalue weighted by molar-refractivity contribution is 5.33. The summed E-state index contributed by atoms with van der Waals surface area (Å²) in [6.07, 6.45) is 1.07. The van der Waals surface area contributed by atoms with Gasteiger partial charge in [-0.2, -0.15) is 0 Å². The van der Waals surface area contributed by atoms with E-state index in [9.17, 15) is 0 Å². The Morgan fingerprint density at radius 3 is 2.62 bits per heavy atom. The van der Waals surface area contributed by atoms with Crippen molar-refractivity contribution in [3.05, 3.63) is 70.3 Å². The molecule has 2 nitrogen and oxygen atoms in total. The lowest BCUT2D eigenvalue weighted by Gasteiger charge is -2.36. The maximum absolute atomic E-state index is 6.03. The molecule has 1 heterocycles. The Hall–Kier alpha value is -1.64. The van der Waals surface area contributed by atoms with Gasteiger partial charge >= 0.3 is 0 Å². The SMILES string of the molecule is Cc1ccc(C)c(CN2Cc3ccccc3CC2CN)c1. The molecule has 0 fully saturated rings. The Bertz CT molecular complexity index is 633. The Morgan fingerprint density at radius 1 is 1.10 bits per heavy atom. The first-order valence-corrected chi connectivity index (χ1v) is 7.74. The van der Waals surface area contributed by atoms with E-state index in [-0.39, 0.29) is 0 Å². The molecule has 2 N–H and O–H groups in total. The van der Waals surface area contributed by atoms with Crippen molar-refractivity contribution in [2.45, 2.75) is 39.4 Å². The molecule has 0 radical (unpaired) electrons. The van der Waals surface area contributed by atoms with Crippen LogP contribution in [0.15, 0.2) is 42.5 Å². The Labute approximate surface area is 127 Å². The molecule has 0 amide bonds. The van der Waals surface area contributed by atoms with Crippen molar-refractivity contribution >= 4 is 0 Å². The minimum Gasteiger partial charge on any atom is -0.329 e. The summed E-state index contributed by atoms with van der Waals surface area (Å²) in [6, 6.07) is 15.9. The van der Waals surface area contributed by atoms with Gasteiger partial charge in [-0.25, -0.2) is 0 Å². The maximum Gasteiger partial charge on any atom is 0.0265 e. The number of nitrogens with zero attached hydrogens (tertiary/aromatic N) is 1. The lowest BCUT2D eigenvalue weighted by atomic mass is 9.93. The van der Waals surface area contributed by atoms with E-state index in [2.05, 4.69) is 61.2 Å². The molecule has 2 heteroatoms. The molecular formula is C19H24N2. The number of rotatable bonds is 3. The summed E-state index contributed by atoms with van der Waals surface area (Å²) in [4.78, 5) is 2.53. The predicted octanol–water partition coefficient (Wildman–Crippen LogP) is 3.19. The van der Waals surface area contributed by atoms with Gasteiger partial charge in [0.2, 0.25) is 0 Å². The van der Waals surface area contributed by atoms with Gasteiger partial charge in [0.15, 0.2) is 0 Å². The zero-order valence-electron chi connectivity index (χ0n) is 13.0. The first kappa shape index (κ1) is 14.3. The minimum absolute atomic E-state index is 0.444. The van der Waals surface area contributed by atoms with Crippen molar-refractivity contribution in [1.82, 2.24) is 4.90 Å². The molecule has 110 valence electrons. The van der Waals surface area contributed by atoms with Crippen LogP contribution in [0.1, 0.15) is 27.8 Å². The fraction of sp³-hybridized carbons (Fsp3) is 0.368. The lowest BCUT2D eigenvalue weighted by molar-refractivity contribution is 0.166. The second-order valence-corrected chi connectivity index (χ2v) is 6.20. The van der Waals surface area contributed by atoms with Crippen LogP contribution in [0.3, 0.4) is 0 Å². The van der Waals surface area contributed by atoms with Crippen LogP contribution in [-0.4, -0.2) is 17.5 Å². The molecule has 1 aliphatic rings. The molecule has 2 aromatic rings. The normalized spacial score (nSPS) is 18.5. The number of nitrogens with two attached hydrogens (primary N) is 1. The quantitative estimate of drug-likeness (QED) is 0.935. The zero-order valence-corrected chi connectivity index (χ0v) is 13.0. The average molecular weight is 280 g/mol. The summed E-state index contributed by atoms with van der Waals surface area (Å²) < 4.78 is 0. The molecule has 1 unspecified atom stereocenters. The predicted molar refractivity (Wildman–Crippen MR) is 88.2 cm³/mol. The Morgan fingerprint density at radius 2 is 1.86 bits per heavy atom. The molecule has 0 saturated heterocycles. The Balaban J connectivity index is 1.86. The highest BCUT2D eigenvalue weighted by atomic mass is 15.2. The van der Waals surface area contributed by atoms with E-state index < -0.39 is 0 Å². The molecule has 0 saturated carbocycles. The molecule has 0 aliphatic carbocycles. The minimum atomic E-state index is 0.444. The van der Waals surface area contributed by atoms with Gasteiger partial charge in [0.25, 0.3) is 0 Å². The van der Waals surface area contributed by atoms with Gasteiger partial charge in [0, 0.05) is 25.7 Å². The first-order chi connectivity index (χ1) is 10.2. The molecule has 0 bridgehead atoms. The highest BCUT2D eigenvalue weighted by Crippen LogP contribution is 2.25. The molecular weight excluding hydrogens is 256 g/mol. The molecule has 1 atom stereocenters. The second kappa shape index (κ2) is 6.00. The fourth-order valence-corrected chi connectivity index (χ4v) is 3.25. The summed E-state index contributed by atoms with van der Waals surface area (Å²) in [6.45, 7) is 7.08. The molecule has 3 rings (SSSR count). The van der Waals surface area contributed by atoms with Crippen LogP contribution in [-0.2, 0) is 19.5 Å². The van der Waals surface area contributed by atoms with Crippen LogP contribution in [0.5, 0.6) is 0 Å². The molecule has 0 aromatic heterocycles. The third kappa shape index (κ3) is 3.02. The van der Waals surface area contributed by atoms with E-state index in [4.69, 9.17) is 5.73 Å². The smallest absolute Gasteiger partial charge is 0.0265 e. The van der Waals surface area contributed by atoms with Crippen LogP contribution in [0.2, 0.25) is 0 Å². The van der Waals surface area contributed by atoms with Crippen molar-refractivity contribution in [1.29, 1.82) is 0 Å². The van der Waals surface area contributed by atoms with E-state index in [1.54, 1.807) is 0 Å².